The summed E-state index contributed by atoms with van der Waals surface area (Å²) < 4.78 is 5.23. The van der Waals surface area contributed by atoms with Crippen LogP contribution in [0.2, 0.25) is 36.3 Å². The first-order chi connectivity index (χ1) is 9.44. The summed E-state index contributed by atoms with van der Waals surface area (Å²) in [5.74, 6) is 0. The fraction of sp³-hybridized carbons (Fsp3) is 0.938. The molecule has 0 saturated heterocycles. The van der Waals surface area contributed by atoms with E-state index in [4.69, 9.17) is 4.66 Å². The molecule has 0 aromatic heterocycles. The van der Waals surface area contributed by atoms with Crippen molar-refractivity contribution in [1.29, 1.82) is 0 Å². The Kier molecular flexibility index (Phi) is 9.19. The van der Waals surface area contributed by atoms with Crippen molar-refractivity contribution in [2.24, 2.45) is 4.66 Å². The van der Waals surface area contributed by atoms with Crippen LogP contribution in [-0.2, 0) is 0 Å². The van der Waals surface area contributed by atoms with Gasteiger partial charge in [0.1, 0.15) is 0 Å². The van der Waals surface area contributed by atoms with Gasteiger partial charge < -0.3 is 9.76 Å². The highest BCUT2D eigenvalue weighted by Crippen LogP contribution is 2.28. The van der Waals surface area contributed by atoms with E-state index in [-0.39, 0.29) is 5.73 Å². The molecule has 0 saturated carbocycles. The number of nitrogens with zero attached hydrogens (tertiary/aromatic N) is 1. The number of hydrogen-bond donors (Lipinski definition) is 1. The van der Waals surface area contributed by atoms with Crippen molar-refractivity contribution in [3.05, 3.63) is 0 Å². The van der Waals surface area contributed by atoms with E-state index in [0.717, 1.165) is 12.1 Å². The van der Waals surface area contributed by atoms with E-state index in [0.29, 0.717) is 0 Å². The Labute approximate surface area is 129 Å². The molecule has 120 valence electrons. The van der Waals surface area contributed by atoms with Gasteiger partial charge in [-0.25, -0.2) is 0 Å². The molecule has 1 N–H and O–H groups in total. The number of aliphatic hydroxyl groups excluding tert-OH is 1. The largest absolute Gasteiger partial charge is 0.391 e. The molecule has 0 aliphatic carbocycles. The summed E-state index contributed by atoms with van der Waals surface area (Å²) in [4.78, 5) is 0. The van der Waals surface area contributed by atoms with Crippen LogP contribution in [0.5, 0.6) is 0 Å². The lowest BCUT2D eigenvalue weighted by molar-refractivity contribution is 0.302. The molecule has 2 nitrogen and oxygen atoms in total. The Morgan fingerprint density at radius 1 is 0.800 bits per heavy atom. The maximum atomic E-state index is 11.0. The summed E-state index contributed by atoms with van der Waals surface area (Å²) in [6.45, 7) is 15.8. The molecule has 1 atom stereocenters. The second-order valence-electron chi connectivity index (χ2n) is 6.07. The van der Waals surface area contributed by atoms with E-state index >= 15 is 0 Å². The van der Waals surface area contributed by atoms with Crippen LogP contribution in [0.3, 0.4) is 0 Å². The molecule has 0 aliphatic heterocycles. The van der Waals surface area contributed by atoms with Crippen molar-refractivity contribution in [3.8, 4) is 0 Å². The molecule has 0 rings (SSSR count). The summed E-state index contributed by atoms with van der Waals surface area (Å²) in [7, 11) is -3.13. The Bertz CT molecular complexity index is 280. The Balaban J connectivity index is 5.55. The van der Waals surface area contributed by atoms with Gasteiger partial charge in [-0.2, -0.15) is 0 Å². The normalized spacial score (nSPS) is 15.5. The highest BCUT2D eigenvalue weighted by molar-refractivity contribution is 6.85. The van der Waals surface area contributed by atoms with Crippen molar-refractivity contribution < 1.29 is 5.11 Å². The maximum Gasteiger partial charge on any atom is 0.180 e. The van der Waals surface area contributed by atoms with E-state index in [1.165, 1.54) is 36.3 Å². The van der Waals surface area contributed by atoms with Crippen LogP contribution in [0.4, 0.5) is 0 Å². The van der Waals surface area contributed by atoms with Crippen molar-refractivity contribution in [3.63, 3.8) is 0 Å². The van der Waals surface area contributed by atoms with Gasteiger partial charge in [0.2, 0.25) is 0 Å². The zero-order valence-electron chi connectivity index (χ0n) is 14.9. The zero-order chi connectivity index (χ0) is 15.8. The highest BCUT2D eigenvalue weighted by Gasteiger charge is 2.39. The molecular weight excluding hydrogens is 278 g/mol. The second kappa shape index (κ2) is 9.16. The minimum Gasteiger partial charge on any atom is -0.391 e. The molecule has 0 heterocycles. The first-order valence-electron chi connectivity index (χ1n) is 8.71. The monoisotopic (exact) mass is 315 g/mol. The lowest BCUT2D eigenvalue weighted by atomic mass is 10.3. The van der Waals surface area contributed by atoms with Crippen molar-refractivity contribution in [2.45, 2.75) is 96.9 Å². The summed E-state index contributed by atoms with van der Waals surface area (Å²) >= 11 is 0. The Morgan fingerprint density at radius 2 is 1.20 bits per heavy atom. The van der Waals surface area contributed by atoms with Crippen molar-refractivity contribution in [1.82, 2.24) is 0 Å². The molecule has 0 aromatic rings. The molecule has 0 aliphatic rings. The third-order valence-electron chi connectivity index (χ3n) is 5.73. The molecule has 0 spiro atoms. The van der Waals surface area contributed by atoms with Gasteiger partial charge in [-0.1, -0.05) is 66.6 Å². The van der Waals surface area contributed by atoms with Crippen LogP contribution in [0.25, 0.3) is 0 Å². The lowest BCUT2D eigenvalue weighted by Crippen LogP contribution is -2.51. The summed E-state index contributed by atoms with van der Waals surface area (Å²) in [5.41, 5.74) is 0.920. The maximum absolute atomic E-state index is 11.0. The second-order valence-corrected chi connectivity index (χ2v) is 16.3. The van der Waals surface area contributed by atoms with E-state index in [2.05, 4.69) is 48.5 Å². The predicted octanol–water partition coefficient (Wildman–Crippen LogP) is 5.25. The fourth-order valence-corrected chi connectivity index (χ4v) is 9.94. The molecule has 1 unspecified atom stereocenters. The van der Waals surface area contributed by atoms with Crippen molar-refractivity contribution >= 4 is 22.0 Å². The van der Waals surface area contributed by atoms with Gasteiger partial charge in [-0.15, -0.1) is 0 Å². The minimum absolute atomic E-state index is 0.218. The molecule has 0 bridgehead atoms. The highest BCUT2D eigenvalue weighted by atomic mass is 28.3. The van der Waals surface area contributed by atoms with Crippen LogP contribution in [0.15, 0.2) is 4.66 Å². The van der Waals surface area contributed by atoms with Crippen LogP contribution in [0, 0.1) is 0 Å². The van der Waals surface area contributed by atoms with Crippen molar-refractivity contribution in [2.75, 3.05) is 0 Å². The smallest absolute Gasteiger partial charge is 0.180 e. The quantitative estimate of drug-likeness (QED) is 0.433. The van der Waals surface area contributed by atoms with Gasteiger partial charge in [-0.3, -0.25) is 0 Å². The van der Waals surface area contributed by atoms with Gasteiger partial charge in [0.15, 0.2) is 8.24 Å². The molecule has 0 aromatic carbocycles. The Morgan fingerprint density at radius 3 is 1.45 bits per heavy atom. The summed E-state index contributed by atoms with van der Waals surface area (Å²) in [6.07, 6.45) is 0.921. The molecule has 20 heavy (non-hydrogen) atoms. The predicted molar refractivity (Wildman–Crippen MR) is 98.1 cm³/mol. The van der Waals surface area contributed by atoms with Gasteiger partial charge in [0.25, 0.3) is 0 Å². The van der Waals surface area contributed by atoms with E-state index in [9.17, 15) is 5.11 Å². The number of hydrogen-bond acceptors (Lipinski definition) is 2. The topological polar surface area (TPSA) is 32.6 Å². The molecule has 4 heteroatoms. The minimum atomic E-state index is -1.60. The third-order valence-corrected chi connectivity index (χ3v) is 16.2. The van der Waals surface area contributed by atoms with Crippen LogP contribution < -0.4 is 0 Å². The molecular formula is C16H37NOSi2. The number of rotatable bonds is 10. The SMILES string of the molecule is CCC(=N[Si](CC)(CC)CC)C(O)[Si](CC)(CC)CC. The van der Waals surface area contributed by atoms with Crippen LogP contribution in [-0.4, -0.2) is 32.9 Å². The standard InChI is InChI=1S/C16H37NOSi2/c1-8-15(17-20(12-5,13-6)14-7)16(18)19(9-2,10-3)11-4/h16,18H,8-14H2,1-7H3. The average molecular weight is 316 g/mol. The molecule has 0 amide bonds. The van der Waals surface area contributed by atoms with Crippen LogP contribution >= 0.6 is 0 Å². The molecule has 0 fully saturated rings. The lowest BCUT2D eigenvalue weighted by Gasteiger charge is -2.36. The molecule has 0 radical (unpaired) electrons. The van der Waals surface area contributed by atoms with Crippen LogP contribution in [0.1, 0.15) is 54.9 Å². The zero-order valence-corrected chi connectivity index (χ0v) is 16.9. The van der Waals surface area contributed by atoms with Gasteiger partial charge in [0, 0.05) is 5.71 Å². The fourth-order valence-electron chi connectivity index (χ4n) is 3.31. The van der Waals surface area contributed by atoms with E-state index < -0.39 is 16.3 Å². The third kappa shape index (κ3) is 4.28. The van der Waals surface area contributed by atoms with Gasteiger partial charge in [0.05, 0.1) is 13.8 Å². The van der Waals surface area contributed by atoms with E-state index in [1.807, 2.05) is 0 Å². The first-order valence-corrected chi connectivity index (χ1v) is 14.0. The Hall–Kier alpha value is 0.0638. The van der Waals surface area contributed by atoms with Gasteiger partial charge in [-0.05, 0) is 24.6 Å². The summed E-state index contributed by atoms with van der Waals surface area (Å²) in [6, 6.07) is 7.11. The number of aliphatic hydroxyl groups is 1. The van der Waals surface area contributed by atoms with Gasteiger partial charge >= 0.3 is 0 Å². The van der Waals surface area contributed by atoms with E-state index in [1.54, 1.807) is 0 Å². The average Bonchev–Trinajstić information content (AvgIpc) is 2.51. The summed E-state index contributed by atoms with van der Waals surface area (Å²) in [5, 5.41) is 11.0. The first kappa shape index (κ1) is 20.1.